The number of benzene rings is 1. The first-order valence-electron chi connectivity index (χ1n) is 11.4. The van der Waals surface area contributed by atoms with Crippen LogP contribution in [0.15, 0.2) is 54.4 Å². The molecule has 0 atom stereocenters. The molecule has 7 heteroatoms. The molecule has 0 unspecified atom stereocenters. The molecule has 0 N–H and O–H groups in total. The summed E-state index contributed by atoms with van der Waals surface area (Å²) < 4.78 is 0. The fourth-order valence-electron chi connectivity index (χ4n) is 5.08. The summed E-state index contributed by atoms with van der Waals surface area (Å²) in [5, 5.41) is 0.612. The molecule has 32 heavy (non-hydrogen) atoms. The molecular formula is C25H27ClN4O2. The van der Waals surface area contributed by atoms with Gasteiger partial charge in [-0.3, -0.25) is 14.5 Å². The zero-order valence-corrected chi connectivity index (χ0v) is 18.8. The normalized spacial score (nSPS) is 20.5. The number of halogens is 1. The number of amides is 2. The Hall–Kier alpha value is -2.86. The lowest BCUT2D eigenvalue weighted by molar-refractivity contribution is -0.141. The minimum absolute atomic E-state index is 0.00152. The standard InChI is InChI=1S/C25H27ClN4O2/c26-19-11-9-18(10-12-19)22-23(25(32)30(24(22)31)20-6-2-1-3-7-20)29-16-14-28(15-17-29)21-8-4-5-13-27-21/h4-5,8-13,20H,1-3,6-7,14-17H2. The average molecular weight is 451 g/mol. The summed E-state index contributed by atoms with van der Waals surface area (Å²) >= 11 is 6.09. The van der Waals surface area contributed by atoms with Gasteiger partial charge >= 0.3 is 0 Å². The number of carbonyl (C=O) groups excluding carboxylic acids is 2. The Morgan fingerprint density at radius 1 is 0.812 bits per heavy atom. The van der Waals surface area contributed by atoms with Gasteiger partial charge in [-0.1, -0.05) is 49.1 Å². The number of rotatable bonds is 4. The summed E-state index contributed by atoms with van der Waals surface area (Å²) in [7, 11) is 0. The first-order chi connectivity index (χ1) is 15.6. The number of nitrogens with zero attached hydrogens (tertiary/aromatic N) is 4. The fourth-order valence-corrected chi connectivity index (χ4v) is 5.20. The molecule has 2 aromatic rings. The third kappa shape index (κ3) is 3.88. The predicted molar refractivity (Wildman–Crippen MR) is 125 cm³/mol. The number of aromatic nitrogens is 1. The molecule has 1 aliphatic carbocycles. The second kappa shape index (κ2) is 8.94. The minimum Gasteiger partial charge on any atom is -0.363 e. The van der Waals surface area contributed by atoms with Crippen LogP contribution in [-0.2, 0) is 9.59 Å². The van der Waals surface area contributed by atoms with Crippen LogP contribution < -0.4 is 4.90 Å². The Morgan fingerprint density at radius 3 is 2.16 bits per heavy atom. The second-order valence-corrected chi connectivity index (χ2v) is 9.10. The Morgan fingerprint density at radius 2 is 1.50 bits per heavy atom. The number of imide groups is 1. The zero-order valence-electron chi connectivity index (χ0n) is 18.0. The Kier molecular flexibility index (Phi) is 5.87. The van der Waals surface area contributed by atoms with Gasteiger partial charge < -0.3 is 9.80 Å². The van der Waals surface area contributed by atoms with E-state index >= 15 is 0 Å². The molecule has 3 aliphatic rings. The van der Waals surface area contributed by atoms with Crippen LogP contribution in [0, 0.1) is 0 Å². The van der Waals surface area contributed by atoms with Crippen LogP contribution in [-0.4, -0.2) is 58.8 Å². The van der Waals surface area contributed by atoms with Crippen LogP contribution in [0.2, 0.25) is 5.02 Å². The molecule has 5 rings (SSSR count). The van der Waals surface area contributed by atoms with Crippen molar-refractivity contribution in [2.75, 3.05) is 31.1 Å². The summed E-state index contributed by atoms with van der Waals surface area (Å²) in [5.41, 5.74) is 1.82. The monoisotopic (exact) mass is 450 g/mol. The SMILES string of the molecule is O=C1C(c2ccc(Cl)cc2)=C(N2CCN(c3ccccn3)CC2)C(=O)N1C1CCCCC1. The van der Waals surface area contributed by atoms with Crippen molar-refractivity contribution in [2.45, 2.75) is 38.1 Å². The van der Waals surface area contributed by atoms with Gasteiger partial charge in [0.25, 0.3) is 11.8 Å². The van der Waals surface area contributed by atoms with Gasteiger partial charge in [0, 0.05) is 43.4 Å². The molecule has 3 heterocycles. The number of hydrogen-bond acceptors (Lipinski definition) is 5. The van der Waals surface area contributed by atoms with Crippen LogP contribution in [0.4, 0.5) is 5.82 Å². The van der Waals surface area contributed by atoms with Gasteiger partial charge in [0.2, 0.25) is 0 Å². The number of anilines is 1. The summed E-state index contributed by atoms with van der Waals surface area (Å²) in [4.78, 5) is 37.6. The summed E-state index contributed by atoms with van der Waals surface area (Å²) in [6.45, 7) is 2.83. The van der Waals surface area contributed by atoms with Gasteiger partial charge in [0.15, 0.2) is 0 Å². The van der Waals surface area contributed by atoms with Crippen molar-refractivity contribution in [3.63, 3.8) is 0 Å². The van der Waals surface area contributed by atoms with Crippen LogP contribution in [0.25, 0.3) is 5.57 Å². The molecule has 2 aliphatic heterocycles. The molecule has 2 fully saturated rings. The first-order valence-corrected chi connectivity index (χ1v) is 11.8. The van der Waals surface area contributed by atoms with E-state index in [0.29, 0.717) is 29.4 Å². The highest BCUT2D eigenvalue weighted by Gasteiger charge is 2.45. The highest BCUT2D eigenvalue weighted by Crippen LogP contribution is 2.36. The van der Waals surface area contributed by atoms with Crippen LogP contribution in [0.3, 0.4) is 0 Å². The van der Waals surface area contributed by atoms with E-state index in [1.54, 1.807) is 23.2 Å². The first kappa shape index (κ1) is 21.0. The highest BCUT2D eigenvalue weighted by molar-refractivity contribution is 6.36. The molecular weight excluding hydrogens is 424 g/mol. The highest BCUT2D eigenvalue weighted by atomic mass is 35.5. The molecule has 0 spiro atoms. The molecule has 1 aromatic carbocycles. The Balaban J connectivity index is 1.45. The number of hydrogen-bond donors (Lipinski definition) is 0. The molecule has 2 amide bonds. The van der Waals surface area contributed by atoms with Gasteiger partial charge in [-0.25, -0.2) is 4.98 Å². The van der Waals surface area contributed by atoms with E-state index < -0.39 is 0 Å². The van der Waals surface area contributed by atoms with Crippen LogP contribution >= 0.6 is 11.6 Å². The number of piperazine rings is 1. The topological polar surface area (TPSA) is 56.8 Å². The number of carbonyl (C=O) groups is 2. The van der Waals surface area contributed by atoms with Gasteiger partial charge in [-0.05, 0) is 42.7 Å². The fraction of sp³-hybridized carbons (Fsp3) is 0.400. The third-order valence-electron chi connectivity index (χ3n) is 6.73. The molecule has 1 saturated carbocycles. The lowest BCUT2D eigenvalue weighted by Gasteiger charge is -2.37. The van der Waals surface area contributed by atoms with E-state index in [1.807, 2.05) is 30.3 Å². The molecule has 1 aromatic heterocycles. The van der Waals surface area contributed by atoms with Gasteiger partial charge in [0.05, 0.1) is 5.57 Å². The quantitative estimate of drug-likeness (QED) is 0.660. The zero-order chi connectivity index (χ0) is 22.1. The van der Waals surface area contributed by atoms with E-state index in [0.717, 1.165) is 50.2 Å². The van der Waals surface area contributed by atoms with Crippen molar-refractivity contribution in [3.05, 3.63) is 64.9 Å². The van der Waals surface area contributed by atoms with Gasteiger partial charge in [-0.15, -0.1) is 0 Å². The van der Waals surface area contributed by atoms with Gasteiger partial charge in [-0.2, -0.15) is 0 Å². The van der Waals surface area contributed by atoms with Crippen molar-refractivity contribution in [2.24, 2.45) is 0 Å². The van der Waals surface area contributed by atoms with Crippen molar-refractivity contribution < 1.29 is 9.59 Å². The lowest BCUT2D eigenvalue weighted by Crippen LogP contribution is -2.49. The van der Waals surface area contributed by atoms with Crippen LogP contribution in [0.1, 0.15) is 37.7 Å². The molecule has 6 nitrogen and oxygen atoms in total. The molecule has 1 saturated heterocycles. The van der Waals surface area contributed by atoms with Crippen molar-refractivity contribution >= 4 is 34.8 Å². The number of pyridine rings is 1. The molecule has 0 bridgehead atoms. The Bertz CT molecular complexity index is 1020. The minimum atomic E-state index is -0.161. The summed E-state index contributed by atoms with van der Waals surface area (Å²) in [6, 6.07) is 13.1. The van der Waals surface area contributed by atoms with E-state index in [4.69, 9.17) is 11.6 Å². The molecule has 0 radical (unpaired) electrons. The summed E-state index contributed by atoms with van der Waals surface area (Å²) in [5.74, 6) is 0.640. The van der Waals surface area contributed by atoms with E-state index in [1.165, 1.54) is 6.42 Å². The van der Waals surface area contributed by atoms with E-state index in [2.05, 4.69) is 14.8 Å². The van der Waals surface area contributed by atoms with Crippen molar-refractivity contribution in [3.8, 4) is 0 Å². The average Bonchev–Trinajstić information content (AvgIpc) is 3.10. The largest absolute Gasteiger partial charge is 0.363 e. The van der Waals surface area contributed by atoms with Crippen LogP contribution in [0.5, 0.6) is 0 Å². The maximum atomic E-state index is 13.7. The Labute approximate surface area is 193 Å². The van der Waals surface area contributed by atoms with Crippen molar-refractivity contribution in [1.29, 1.82) is 0 Å². The van der Waals surface area contributed by atoms with Gasteiger partial charge in [0.1, 0.15) is 11.5 Å². The predicted octanol–water partition coefficient (Wildman–Crippen LogP) is 3.97. The molecule has 166 valence electrons. The third-order valence-corrected chi connectivity index (χ3v) is 6.98. The van der Waals surface area contributed by atoms with Crippen molar-refractivity contribution in [1.82, 2.24) is 14.8 Å². The maximum absolute atomic E-state index is 13.7. The maximum Gasteiger partial charge on any atom is 0.278 e. The second-order valence-electron chi connectivity index (χ2n) is 8.66. The lowest BCUT2D eigenvalue weighted by atomic mass is 9.94. The smallest absolute Gasteiger partial charge is 0.278 e. The van der Waals surface area contributed by atoms with E-state index in [-0.39, 0.29) is 17.9 Å². The summed E-state index contributed by atoms with van der Waals surface area (Å²) in [6.07, 6.45) is 6.89. The van der Waals surface area contributed by atoms with E-state index in [9.17, 15) is 9.59 Å².